The van der Waals surface area contributed by atoms with E-state index in [-0.39, 0.29) is 31.2 Å². The maximum absolute atomic E-state index is 13.5. The Morgan fingerprint density at radius 3 is 2.54 bits per heavy atom. The highest BCUT2D eigenvalue weighted by Gasteiger charge is 2.13. The highest BCUT2D eigenvalue weighted by atomic mass is 19.1. The van der Waals surface area contributed by atoms with E-state index in [0.29, 0.717) is 6.61 Å². The Bertz CT molecular complexity index is 636. The van der Waals surface area contributed by atoms with E-state index in [9.17, 15) is 14.3 Å². The number of nitrogens with one attached hydrogen (secondary N) is 1. The third-order valence-corrected chi connectivity index (χ3v) is 3.23. The van der Waals surface area contributed by atoms with Crippen LogP contribution in [0.15, 0.2) is 54.6 Å². The van der Waals surface area contributed by atoms with Gasteiger partial charge >= 0.3 is 0 Å². The van der Waals surface area contributed by atoms with Gasteiger partial charge in [-0.05, 0) is 18.2 Å². The van der Waals surface area contributed by atoms with E-state index in [1.165, 1.54) is 18.2 Å². The summed E-state index contributed by atoms with van der Waals surface area (Å²) in [6, 6.07) is 15.2. The maximum atomic E-state index is 13.5. The Hall–Kier alpha value is -2.44. The summed E-state index contributed by atoms with van der Waals surface area (Å²) in [6.45, 7) is 0.360. The number of para-hydroxylation sites is 1. The highest BCUT2D eigenvalue weighted by Crippen LogP contribution is 2.15. The van der Waals surface area contributed by atoms with Gasteiger partial charge in [0, 0.05) is 12.1 Å². The van der Waals surface area contributed by atoms with Gasteiger partial charge in [-0.1, -0.05) is 36.4 Å². The van der Waals surface area contributed by atoms with Gasteiger partial charge in [0.1, 0.15) is 24.8 Å². The second kappa shape index (κ2) is 9.64. The van der Waals surface area contributed by atoms with E-state index in [2.05, 4.69) is 5.32 Å². The van der Waals surface area contributed by atoms with Crippen molar-refractivity contribution in [3.8, 4) is 5.75 Å². The quantitative estimate of drug-likeness (QED) is 0.690. The molecule has 5 nitrogen and oxygen atoms in total. The smallest absolute Gasteiger partial charge is 0.246 e. The third-order valence-electron chi connectivity index (χ3n) is 3.23. The van der Waals surface area contributed by atoms with Gasteiger partial charge in [0.15, 0.2) is 0 Å². The number of rotatable bonds is 9. The number of hydrogen-bond donors (Lipinski definition) is 2. The summed E-state index contributed by atoms with van der Waals surface area (Å²) in [5.41, 5.74) is 0.148. The lowest BCUT2D eigenvalue weighted by Gasteiger charge is -2.13. The summed E-state index contributed by atoms with van der Waals surface area (Å²) >= 11 is 0. The second-order valence-corrected chi connectivity index (χ2v) is 5.06. The molecule has 0 fully saturated rings. The first-order valence-electron chi connectivity index (χ1n) is 7.61. The van der Waals surface area contributed by atoms with Crippen molar-refractivity contribution in [2.45, 2.75) is 6.10 Å². The predicted molar refractivity (Wildman–Crippen MR) is 87.1 cm³/mol. The number of amides is 1. The molecule has 0 bridgehead atoms. The molecular weight excluding hydrogens is 313 g/mol. The largest absolute Gasteiger partial charge is 0.491 e. The van der Waals surface area contributed by atoms with E-state index < -0.39 is 11.9 Å². The Kier molecular flexibility index (Phi) is 7.20. The SMILES string of the molecule is O=C(COCCOc1ccccc1)NC[C@@H](O)c1ccccc1F. The van der Waals surface area contributed by atoms with Crippen LogP contribution < -0.4 is 10.1 Å². The molecule has 0 unspecified atom stereocenters. The topological polar surface area (TPSA) is 67.8 Å². The van der Waals surface area contributed by atoms with Gasteiger partial charge in [0.05, 0.1) is 12.7 Å². The lowest BCUT2D eigenvalue weighted by atomic mass is 10.1. The molecule has 0 saturated heterocycles. The summed E-state index contributed by atoms with van der Waals surface area (Å²) in [4.78, 5) is 11.6. The van der Waals surface area contributed by atoms with Crippen LogP contribution in [-0.2, 0) is 9.53 Å². The van der Waals surface area contributed by atoms with Gasteiger partial charge in [-0.3, -0.25) is 4.79 Å². The lowest BCUT2D eigenvalue weighted by Crippen LogP contribution is -2.32. The van der Waals surface area contributed by atoms with Crippen LogP contribution >= 0.6 is 0 Å². The first kappa shape index (κ1) is 17.9. The number of aliphatic hydroxyl groups is 1. The number of hydrogen-bond acceptors (Lipinski definition) is 4. The van der Waals surface area contributed by atoms with E-state index in [1.54, 1.807) is 6.07 Å². The van der Waals surface area contributed by atoms with Crippen molar-refractivity contribution < 1.29 is 23.8 Å². The fourth-order valence-electron chi connectivity index (χ4n) is 2.02. The molecule has 0 aromatic heterocycles. The van der Waals surface area contributed by atoms with Crippen LogP contribution in [0, 0.1) is 5.82 Å². The first-order chi connectivity index (χ1) is 11.7. The molecule has 0 saturated carbocycles. The van der Waals surface area contributed by atoms with Gasteiger partial charge in [0.25, 0.3) is 0 Å². The Morgan fingerprint density at radius 2 is 1.79 bits per heavy atom. The molecule has 1 amide bonds. The first-order valence-corrected chi connectivity index (χ1v) is 7.61. The minimum Gasteiger partial charge on any atom is -0.491 e. The monoisotopic (exact) mass is 333 g/mol. The lowest BCUT2D eigenvalue weighted by molar-refractivity contribution is -0.126. The average molecular weight is 333 g/mol. The van der Waals surface area contributed by atoms with Crippen LogP contribution in [0.5, 0.6) is 5.75 Å². The third kappa shape index (κ3) is 5.98. The van der Waals surface area contributed by atoms with E-state index in [4.69, 9.17) is 9.47 Å². The van der Waals surface area contributed by atoms with Crippen molar-refractivity contribution in [2.75, 3.05) is 26.4 Å². The fourth-order valence-corrected chi connectivity index (χ4v) is 2.02. The number of halogens is 1. The molecular formula is C18H20FNO4. The molecule has 0 spiro atoms. The number of benzene rings is 2. The highest BCUT2D eigenvalue weighted by molar-refractivity contribution is 5.77. The summed E-state index contributed by atoms with van der Waals surface area (Å²) < 4.78 is 24.1. The molecule has 0 aliphatic rings. The number of carbonyl (C=O) groups excluding carboxylic acids is 1. The fraction of sp³-hybridized carbons (Fsp3) is 0.278. The molecule has 0 aliphatic heterocycles. The average Bonchev–Trinajstić information content (AvgIpc) is 2.60. The zero-order valence-electron chi connectivity index (χ0n) is 13.2. The molecule has 0 radical (unpaired) electrons. The number of carbonyl (C=O) groups is 1. The summed E-state index contributed by atoms with van der Waals surface area (Å²) in [6.07, 6.45) is -1.10. The van der Waals surface area contributed by atoms with Gasteiger partial charge in [-0.15, -0.1) is 0 Å². The van der Waals surface area contributed by atoms with Crippen molar-refractivity contribution in [1.82, 2.24) is 5.32 Å². The molecule has 128 valence electrons. The van der Waals surface area contributed by atoms with Crippen LogP contribution in [0.25, 0.3) is 0 Å². The van der Waals surface area contributed by atoms with Gasteiger partial charge in [0.2, 0.25) is 5.91 Å². The zero-order valence-corrected chi connectivity index (χ0v) is 13.2. The van der Waals surface area contributed by atoms with Gasteiger partial charge in [-0.25, -0.2) is 4.39 Å². The Labute approximate surface area is 140 Å². The van der Waals surface area contributed by atoms with Crippen molar-refractivity contribution >= 4 is 5.91 Å². The number of ether oxygens (including phenoxy) is 2. The van der Waals surface area contributed by atoms with Crippen LogP contribution in [-0.4, -0.2) is 37.4 Å². The van der Waals surface area contributed by atoms with Crippen molar-refractivity contribution in [3.63, 3.8) is 0 Å². The molecule has 2 aromatic carbocycles. The zero-order chi connectivity index (χ0) is 17.2. The van der Waals surface area contributed by atoms with Gasteiger partial charge < -0.3 is 19.9 Å². The summed E-state index contributed by atoms with van der Waals surface area (Å²) in [5.74, 6) is -0.155. The van der Waals surface area contributed by atoms with Crippen LogP contribution in [0.4, 0.5) is 4.39 Å². The van der Waals surface area contributed by atoms with E-state index in [1.807, 2.05) is 30.3 Å². The molecule has 2 aromatic rings. The van der Waals surface area contributed by atoms with Crippen molar-refractivity contribution in [1.29, 1.82) is 0 Å². The second-order valence-electron chi connectivity index (χ2n) is 5.06. The van der Waals surface area contributed by atoms with Crippen molar-refractivity contribution in [3.05, 3.63) is 66.0 Å². The number of aliphatic hydroxyl groups excluding tert-OH is 1. The maximum Gasteiger partial charge on any atom is 0.246 e. The van der Waals surface area contributed by atoms with Crippen LogP contribution in [0.3, 0.4) is 0 Å². The Morgan fingerprint density at radius 1 is 1.08 bits per heavy atom. The molecule has 0 aliphatic carbocycles. The molecule has 2 N–H and O–H groups in total. The van der Waals surface area contributed by atoms with Crippen LogP contribution in [0.2, 0.25) is 0 Å². The van der Waals surface area contributed by atoms with E-state index >= 15 is 0 Å². The standard InChI is InChI=1S/C18H20FNO4/c19-16-9-5-4-8-15(16)17(21)12-20-18(22)13-23-10-11-24-14-6-2-1-3-7-14/h1-9,17,21H,10-13H2,(H,20,22)/t17-/m1/s1. The summed E-state index contributed by atoms with van der Waals surface area (Å²) in [5, 5.41) is 12.4. The molecule has 1 atom stereocenters. The van der Waals surface area contributed by atoms with E-state index in [0.717, 1.165) is 5.75 Å². The minimum atomic E-state index is -1.10. The Balaban J connectivity index is 1.59. The van der Waals surface area contributed by atoms with Crippen LogP contribution in [0.1, 0.15) is 11.7 Å². The molecule has 24 heavy (non-hydrogen) atoms. The van der Waals surface area contributed by atoms with Gasteiger partial charge in [-0.2, -0.15) is 0 Å². The summed E-state index contributed by atoms with van der Waals surface area (Å²) in [7, 11) is 0. The normalized spacial score (nSPS) is 11.8. The minimum absolute atomic E-state index is 0.0797. The molecule has 2 rings (SSSR count). The van der Waals surface area contributed by atoms with Crippen molar-refractivity contribution in [2.24, 2.45) is 0 Å². The molecule has 0 heterocycles. The predicted octanol–water partition coefficient (Wildman–Crippen LogP) is 2.07. The molecule has 6 heteroatoms.